The molecule has 0 spiro atoms. The summed E-state index contributed by atoms with van der Waals surface area (Å²) in [5.41, 5.74) is 0.680. The normalized spacial score (nSPS) is 12.2. The molecule has 1 amide bonds. The molecule has 0 bridgehead atoms. The highest BCUT2D eigenvalue weighted by atomic mass is 35.5. The number of benzene rings is 1. The largest absolute Gasteiger partial charge is 0.344 e. The highest BCUT2D eigenvalue weighted by Crippen LogP contribution is 2.06. The maximum absolute atomic E-state index is 12.9. The van der Waals surface area contributed by atoms with E-state index in [1.165, 1.54) is 12.1 Å². The molecule has 1 aromatic rings. The summed E-state index contributed by atoms with van der Waals surface area (Å²) in [6.07, 6.45) is 0.206. The third-order valence-electron chi connectivity index (χ3n) is 2.20. The van der Waals surface area contributed by atoms with Crippen LogP contribution in [0.1, 0.15) is 12.5 Å². The lowest BCUT2D eigenvalue weighted by molar-refractivity contribution is -0.129. The molecule has 4 heteroatoms. The molecule has 88 valence electrons. The van der Waals surface area contributed by atoms with Gasteiger partial charge < -0.3 is 4.90 Å². The Morgan fingerprint density at radius 1 is 1.56 bits per heavy atom. The van der Waals surface area contributed by atoms with E-state index in [1.54, 1.807) is 24.1 Å². The molecule has 0 aromatic heterocycles. The molecule has 0 aliphatic heterocycles. The first-order valence-electron chi connectivity index (χ1n) is 5.11. The quantitative estimate of drug-likeness (QED) is 0.744. The molecule has 1 atom stereocenters. The Balaban J connectivity index is 2.57. The van der Waals surface area contributed by atoms with Gasteiger partial charge in [-0.1, -0.05) is 12.1 Å². The molecular weight excluding hydrogens is 229 g/mol. The summed E-state index contributed by atoms with van der Waals surface area (Å²) in [4.78, 5) is 13.3. The van der Waals surface area contributed by atoms with Crippen LogP contribution >= 0.6 is 11.6 Å². The zero-order valence-electron chi connectivity index (χ0n) is 9.41. The standard InChI is InChI=1S/C12H15ClFNO/c1-9(13)8-15(2)12(16)7-10-4-3-5-11(14)6-10/h3-6,9H,7-8H2,1-2H3. The lowest BCUT2D eigenvalue weighted by atomic mass is 10.1. The van der Waals surface area contributed by atoms with Crippen molar-refractivity contribution in [3.8, 4) is 0 Å². The third kappa shape index (κ3) is 4.19. The van der Waals surface area contributed by atoms with Crippen LogP contribution in [0.5, 0.6) is 0 Å². The Hall–Kier alpha value is -1.09. The Morgan fingerprint density at radius 2 is 2.25 bits per heavy atom. The topological polar surface area (TPSA) is 20.3 Å². The maximum atomic E-state index is 12.9. The van der Waals surface area contributed by atoms with Crippen LogP contribution < -0.4 is 0 Å². The molecule has 2 nitrogen and oxygen atoms in total. The summed E-state index contributed by atoms with van der Waals surface area (Å²) >= 11 is 5.79. The fourth-order valence-electron chi connectivity index (χ4n) is 1.44. The monoisotopic (exact) mass is 243 g/mol. The number of amides is 1. The molecule has 0 aliphatic carbocycles. The molecule has 0 aliphatic rings. The van der Waals surface area contributed by atoms with Crippen molar-refractivity contribution in [1.29, 1.82) is 0 Å². The van der Waals surface area contributed by atoms with Crippen LogP contribution in [0.3, 0.4) is 0 Å². The average Bonchev–Trinajstić information content (AvgIpc) is 2.16. The minimum Gasteiger partial charge on any atom is -0.344 e. The van der Waals surface area contributed by atoms with Crippen molar-refractivity contribution in [1.82, 2.24) is 4.90 Å². The lowest BCUT2D eigenvalue weighted by Gasteiger charge is -2.18. The summed E-state index contributed by atoms with van der Waals surface area (Å²) < 4.78 is 12.9. The van der Waals surface area contributed by atoms with Crippen molar-refractivity contribution < 1.29 is 9.18 Å². The highest BCUT2D eigenvalue weighted by molar-refractivity contribution is 6.20. The van der Waals surface area contributed by atoms with Gasteiger partial charge in [0, 0.05) is 19.0 Å². The van der Waals surface area contributed by atoms with E-state index in [2.05, 4.69) is 0 Å². The van der Waals surface area contributed by atoms with Gasteiger partial charge in [0.25, 0.3) is 0 Å². The summed E-state index contributed by atoms with van der Waals surface area (Å²) in [6, 6.07) is 6.06. The van der Waals surface area contributed by atoms with Crippen LogP contribution in [0.2, 0.25) is 0 Å². The molecule has 1 aromatic carbocycles. The number of carbonyl (C=O) groups is 1. The minimum atomic E-state index is -0.321. The molecule has 0 fully saturated rings. The van der Waals surface area contributed by atoms with Gasteiger partial charge in [0.15, 0.2) is 0 Å². The van der Waals surface area contributed by atoms with Gasteiger partial charge in [-0.3, -0.25) is 4.79 Å². The van der Waals surface area contributed by atoms with Crippen molar-refractivity contribution in [2.24, 2.45) is 0 Å². The number of rotatable bonds is 4. The summed E-state index contributed by atoms with van der Waals surface area (Å²) in [7, 11) is 1.69. The van der Waals surface area contributed by atoms with E-state index in [-0.39, 0.29) is 23.5 Å². The summed E-state index contributed by atoms with van der Waals surface area (Å²) in [6.45, 7) is 2.32. The third-order valence-corrected chi connectivity index (χ3v) is 2.33. The predicted octanol–water partition coefficient (Wildman–Crippen LogP) is 2.45. The average molecular weight is 244 g/mol. The SMILES string of the molecule is CC(Cl)CN(C)C(=O)Cc1cccc(F)c1. The van der Waals surface area contributed by atoms with Gasteiger partial charge in [-0.25, -0.2) is 4.39 Å². The van der Waals surface area contributed by atoms with Crippen molar-refractivity contribution in [2.75, 3.05) is 13.6 Å². The molecular formula is C12H15ClFNO. The number of alkyl halides is 1. The van der Waals surface area contributed by atoms with Gasteiger partial charge in [-0.05, 0) is 24.6 Å². The van der Waals surface area contributed by atoms with Crippen molar-refractivity contribution in [2.45, 2.75) is 18.7 Å². The van der Waals surface area contributed by atoms with E-state index in [9.17, 15) is 9.18 Å². The predicted molar refractivity (Wildman–Crippen MR) is 63.1 cm³/mol. The molecule has 0 radical (unpaired) electrons. The van der Waals surface area contributed by atoms with E-state index >= 15 is 0 Å². The van der Waals surface area contributed by atoms with Gasteiger partial charge in [0.2, 0.25) is 5.91 Å². The van der Waals surface area contributed by atoms with Gasteiger partial charge in [0.05, 0.1) is 6.42 Å². The second-order valence-corrected chi connectivity index (χ2v) is 4.61. The summed E-state index contributed by atoms with van der Waals surface area (Å²) in [5.74, 6) is -0.378. The molecule has 0 N–H and O–H groups in total. The van der Waals surface area contributed by atoms with Gasteiger partial charge in [0.1, 0.15) is 5.82 Å². The smallest absolute Gasteiger partial charge is 0.226 e. The second kappa shape index (κ2) is 5.85. The first kappa shape index (κ1) is 13.0. The first-order valence-corrected chi connectivity index (χ1v) is 5.55. The minimum absolute atomic E-state index is 0.0573. The van der Waals surface area contributed by atoms with Crippen LogP contribution in [-0.4, -0.2) is 29.8 Å². The lowest BCUT2D eigenvalue weighted by Crippen LogP contribution is -2.32. The molecule has 0 heterocycles. The number of hydrogen-bond donors (Lipinski definition) is 0. The van der Waals surface area contributed by atoms with Gasteiger partial charge >= 0.3 is 0 Å². The zero-order valence-corrected chi connectivity index (χ0v) is 10.2. The maximum Gasteiger partial charge on any atom is 0.226 e. The number of hydrogen-bond acceptors (Lipinski definition) is 1. The fourth-order valence-corrected chi connectivity index (χ4v) is 1.64. The summed E-state index contributed by atoms with van der Waals surface area (Å²) in [5, 5.41) is -0.0820. The number of carbonyl (C=O) groups excluding carboxylic acids is 1. The molecule has 1 rings (SSSR count). The van der Waals surface area contributed by atoms with E-state index in [0.717, 1.165) is 0 Å². The van der Waals surface area contributed by atoms with E-state index in [0.29, 0.717) is 12.1 Å². The van der Waals surface area contributed by atoms with E-state index in [1.807, 2.05) is 6.92 Å². The number of halogens is 2. The van der Waals surface area contributed by atoms with Gasteiger partial charge in [-0.2, -0.15) is 0 Å². The fraction of sp³-hybridized carbons (Fsp3) is 0.417. The van der Waals surface area contributed by atoms with Crippen LogP contribution in [0.4, 0.5) is 4.39 Å². The van der Waals surface area contributed by atoms with Crippen molar-refractivity contribution in [3.05, 3.63) is 35.6 Å². The number of nitrogens with zero attached hydrogens (tertiary/aromatic N) is 1. The zero-order chi connectivity index (χ0) is 12.1. The first-order chi connectivity index (χ1) is 7.49. The Labute approximate surface area is 100 Å². The Bertz CT molecular complexity index is 368. The Morgan fingerprint density at radius 3 is 2.81 bits per heavy atom. The van der Waals surface area contributed by atoms with Crippen molar-refractivity contribution in [3.63, 3.8) is 0 Å². The molecule has 16 heavy (non-hydrogen) atoms. The van der Waals surface area contributed by atoms with Gasteiger partial charge in [-0.15, -0.1) is 11.6 Å². The van der Waals surface area contributed by atoms with E-state index in [4.69, 9.17) is 11.6 Å². The van der Waals surface area contributed by atoms with Crippen LogP contribution in [0, 0.1) is 5.82 Å². The van der Waals surface area contributed by atoms with Crippen LogP contribution in [0.25, 0.3) is 0 Å². The highest BCUT2D eigenvalue weighted by Gasteiger charge is 2.11. The number of likely N-dealkylation sites (N-methyl/N-ethyl adjacent to an activating group) is 1. The molecule has 0 saturated carbocycles. The molecule has 1 unspecified atom stereocenters. The Kier molecular flexibility index (Phi) is 4.74. The van der Waals surface area contributed by atoms with Crippen LogP contribution in [0.15, 0.2) is 24.3 Å². The van der Waals surface area contributed by atoms with E-state index < -0.39 is 0 Å². The second-order valence-electron chi connectivity index (χ2n) is 3.86. The van der Waals surface area contributed by atoms with Crippen LogP contribution in [-0.2, 0) is 11.2 Å². The van der Waals surface area contributed by atoms with Crippen molar-refractivity contribution >= 4 is 17.5 Å². The molecule has 0 saturated heterocycles.